The third kappa shape index (κ3) is 5.99. The Balaban J connectivity index is 1.47. The van der Waals surface area contributed by atoms with E-state index in [1.807, 2.05) is 36.4 Å². The molecule has 7 nitrogen and oxygen atoms in total. The Hall–Kier alpha value is -2.64. The summed E-state index contributed by atoms with van der Waals surface area (Å²) in [5.41, 5.74) is 1.66. The molecule has 2 aliphatic heterocycles. The summed E-state index contributed by atoms with van der Waals surface area (Å²) in [5.74, 6) is 1.87. The number of halogens is 1. The van der Waals surface area contributed by atoms with Gasteiger partial charge in [-0.15, -0.1) is 0 Å². The monoisotopic (exact) mass is 454 g/mol. The van der Waals surface area contributed by atoms with E-state index >= 15 is 0 Å². The summed E-state index contributed by atoms with van der Waals surface area (Å²) in [6.45, 7) is 4.45. The van der Waals surface area contributed by atoms with Crippen molar-refractivity contribution in [1.82, 2.24) is 15.6 Å². The van der Waals surface area contributed by atoms with Gasteiger partial charge in [0.05, 0.1) is 5.56 Å². The van der Waals surface area contributed by atoms with Crippen LogP contribution in [0.15, 0.2) is 36.4 Å². The molecule has 0 aliphatic carbocycles. The number of carbonyl (C=O) groups excluding carboxylic acids is 1. The molecule has 8 heteroatoms. The van der Waals surface area contributed by atoms with E-state index in [0.29, 0.717) is 35.3 Å². The summed E-state index contributed by atoms with van der Waals surface area (Å²) in [7, 11) is 0. The van der Waals surface area contributed by atoms with Crippen molar-refractivity contribution >= 4 is 35.0 Å². The number of hydrogen-bond acceptors (Lipinski definition) is 6. The Bertz CT molecular complexity index is 936. The topological polar surface area (TPSA) is 93.1 Å². The number of amides is 1. The lowest BCUT2D eigenvalue weighted by molar-refractivity contribution is -0.120. The minimum atomic E-state index is -0.103. The van der Waals surface area contributed by atoms with Crippen LogP contribution in [0.1, 0.15) is 43.2 Å². The third-order valence-corrected chi connectivity index (χ3v) is 6.40. The maximum Gasteiger partial charge on any atom is 0.225 e. The number of piperidine rings is 1. The lowest BCUT2D eigenvalue weighted by atomic mass is 9.94. The van der Waals surface area contributed by atoms with E-state index in [1.165, 1.54) is 12.8 Å². The van der Waals surface area contributed by atoms with E-state index < -0.39 is 0 Å². The Morgan fingerprint density at radius 2 is 1.84 bits per heavy atom. The molecule has 0 saturated carbocycles. The van der Waals surface area contributed by atoms with E-state index in [9.17, 15) is 4.79 Å². The normalized spacial score (nSPS) is 16.7. The Kier molecular flexibility index (Phi) is 7.60. The summed E-state index contributed by atoms with van der Waals surface area (Å²) in [5, 5.41) is 18.7. The van der Waals surface area contributed by atoms with Gasteiger partial charge in [-0.1, -0.05) is 23.7 Å². The maximum atomic E-state index is 12.6. The molecule has 0 bridgehead atoms. The molecule has 0 unspecified atom stereocenters. The van der Waals surface area contributed by atoms with Gasteiger partial charge in [0, 0.05) is 31.1 Å². The SMILES string of the molecule is N=C(NC(=O)CC1CCNCC1)c1ccc(N2CCCC2)nc1NCc1ccc(Cl)cc1. The van der Waals surface area contributed by atoms with Crippen LogP contribution in [0.25, 0.3) is 0 Å². The van der Waals surface area contributed by atoms with Crippen molar-refractivity contribution in [2.75, 3.05) is 36.4 Å². The molecule has 2 aromatic rings. The highest BCUT2D eigenvalue weighted by Gasteiger charge is 2.20. The van der Waals surface area contributed by atoms with Crippen LogP contribution in [0.2, 0.25) is 5.02 Å². The van der Waals surface area contributed by atoms with Crippen LogP contribution in [-0.4, -0.2) is 42.9 Å². The summed E-state index contributed by atoms with van der Waals surface area (Å²) < 4.78 is 0. The number of pyridine rings is 1. The molecule has 0 radical (unpaired) electrons. The highest BCUT2D eigenvalue weighted by atomic mass is 35.5. The van der Waals surface area contributed by atoms with Gasteiger partial charge in [-0.25, -0.2) is 4.98 Å². The van der Waals surface area contributed by atoms with Crippen molar-refractivity contribution in [2.45, 2.75) is 38.6 Å². The van der Waals surface area contributed by atoms with Gasteiger partial charge in [0.1, 0.15) is 17.5 Å². The molecule has 2 saturated heterocycles. The van der Waals surface area contributed by atoms with Gasteiger partial charge >= 0.3 is 0 Å². The second-order valence-corrected chi connectivity index (χ2v) is 9.00. The van der Waals surface area contributed by atoms with Crippen molar-refractivity contribution in [3.8, 4) is 0 Å². The number of carbonyl (C=O) groups is 1. The van der Waals surface area contributed by atoms with Gasteiger partial charge in [-0.05, 0) is 74.5 Å². The number of aromatic nitrogens is 1. The summed E-state index contributed by atoms with van der Waals surface area (Å²) in [4.78, 5) is 19.6. The van der Waals surface area contributed by atoms with E-state index in [-0.39, 0.29) is 11.7 Å². The van der Waals surface area contributed by atoms with E-state index in [1.54, 1.807) is 0 Å². The number of nitrogens with zero attached hydrogens (tertiary/aromatic N) is 2. The van der Waals surface area contributed by atoms with Gasteiger partial charge in [-0.3, -0.25) is 10.2 Å². The fourth-order valence-electron chi connectivity index (χ4n) is 4.30. The molecule has 4 rings (SSSR count). The number of nitrogens with one attached hydrogen (secondary N) is 4. The second-order valence-electron chi connectivity index (χ2n) is 8.56. The van der Waals surface area contributed by atoms with Crippen LogP contribution in [0.3, 0.4) is 0 Å². The van der Waals surface area contributed by atoms with Gasteiger partial charge in [0.2, 0.25) is 5.91 Å². The van der Waals surface area contributed by atoms with Crippen LogP contribution in [0.4, 0.5) is 11.6 Å². The van der Waals surface area contributed by atoms with Gasteiger partial charge in [0.15, 0.2) is 0 Å². The molecular weight excluding hydrogens is 424 g/mol. The molecule has 1 aromatic heterocycles. The van der Waals surface area contributed by atoms with Crippen molar-refractivity contribution in [3.63, 3.8) is 0 Å². The zero-order valence-corrected chi connectivity index (χ0v) is 19.0. The number of amidine groups is 1. The van der Waals surface area contributed by atoms with Crippen molar-refractivity contribution in [1.29, 1.82) is 5.41 Å². The van der Waals surface area contributed by atoms with E-state index in [4.69, 9.17) is 22.0 Å². The molecule has 2 aliphatic rings. The predicted octanol–water partition coefficient (Wildman–Crippen LogP) is 3.78. The van der Waals surface area contributed by atoms with E-state index in [0.717, 1.165) is 50.4 Å². The smallest absolute Gasteiger partial charge is 0.225 e. The summed E-state index contributed by atoms with van der Waals surface area (Å²) in [6, 6.07) is 11.5. The largest absolute Gasteiger partial charge is 0.365 e. The quantitative estimate of drug-likeness (QED) is 0.377. The van der Waals surface area contributed by atoms with Gasteiger partial charge < -0.3 is 20.9 Å². The fraction of sp³-hybridized carbons (Fsp3) is 0.458. The first-order valence-corrected chi connectivity index (χ1v) is 11.8. The molecule has 0 spiro atoms. The minimum Gasteiger partial charge on any atom is -0.365 e. The molecule has 4 N–H and O–H groups in total. The first kappa shape index (κ1) is 22.6. The minimum absolute atomic E-state index is 0.0861. The first-order chi connectivity index (χ1) is 15.6. The average molecular weight is 455 g/mol. The van der Waals surface area contributed by atoms with Gasteiger partial charge in [-0.2, -0.15) is 0 Å². The van der Waals surface area contributed by atoms with Crippen molar-refractivity contribution < 1.29 is 4.79 Å². The molecule has 2 fully saturated rings. The molecule has 1 amide bonds. The van der Waals surface area contributed by atoms with Crippen molar-refractivity contribution in [2.24, 2.45) is 5.92 Å². The molecule has 170 valence electrons. The Labute approximate surface area is 194 Å². The molecule has 32 heavy (non-hydrogen) atoms. The molecule has 3 heterocycles. The van der Waals surface area contributed by atoms with Crippen LogP contribution in [0.5, 0.6) is 0 Å². The molecule has 0 atom stereocenters. The standard InChI is InChI=1S/C24H31ClN6O/c25-19-5-3-18(4-6-19)16-28-24-20(7-8-21(29-24)31-13-1-2-14-31)23(26)30-22(32)15-17-9-11-27-12-10-17/h3-8,17,27H,1-2,9-16H2,(H,28,29)(H2,26,30,32). The van der Waals surface area contributed by atoms with E-state index in [2.05, 4.69) is 20.9 Å². The Morgan fingerprint density at radius 3 is 2.56 bits per heavy atom. The second kappa shape index (κ2) is 10.8. The Morgan fingerprint density at radius 1 is 1.12 bits per heavy atom. The summed E-state index contributed by atoms with van der Waals surface area (Å²) in [6.07, 6.45) is 4.79. The van der Waals surface area contributed by atoms with Crippen LogP contribution in [0, 0.1) is 11.3 Å². The highest BCUT2D eigenvalue weighted by molar-refractivity contribution is 6.30. The van der Waals surface area contributed by atoms with Crippen LogP contribution < -0.4 is 20.9 Å². The van der Waals surface area contributed by atoms with Crippen LogP contribution in [-0.2, 0) is 11.3 Å². The predicted molar refractivity (Wildman–Crippen MR) is 130 cm³/mol. The highest BCUT2D eigenvalue weighted by Crippen LogP contribution is 2.24. The lowest BCUT2D eigenvalue weighted by Crippen LogP contribution is -2.35. The van der Waals surface area contributed by atoms with Crippen LogP contribution >= 0.6 is 11.6 Å². The van der Waals surface area contributed by atoms with Gasteiger partial charge in [0.25, 0.3) is 0 Å². The zero-order valence-electron chi connectivity index (χ0n) is 18.3. The molecular formula is C24H31ClN6O. The first-order valence-electron chi connectivity index (χ1n) is 11.4. The molecule has 1 aromatic carbocycles. The zero-order chi connectivity index (χ0) is 22.3. The average Bonchev–Trinajstić information content (AvgIpc) is 3.34. The summed E-state index contributed by atoms with van der Waals surface area (Å²) >= 11 is 6.00. The number of rotatable bonds is 7. The maximum absolute atomic E-state index is 12.6. The fourth-order valence-corrected chi connectivity index (χ4v) is 4.43. The number of anilines is 2. The lowest BCUT2D eigenvalue weighted by Gasteiger charge is -2.22. The number of hydrogen-bond donors (Lipinski definition) is 4. The van der Waals surface area contributed by atoms with Crippen molar-refractivity contribution in [3.05, 3.63) is 52.5 Å². The number of benzene rings is 1. The third-order valence-electron chi connectivity index (χ3n) is 6.15.